The predicted molar refractivity (Wildman–Crippen MR) is 73.1 cm³/mol. The third kappa shape index (κ3) is 3.01. The predicted octanol–water partition coefficient (Wildman–Crippen LogP) is 1.08. The topological polar surface area (TPSA) is 72.6 Å². The second kappa shape index (κ2) is 5.77. The van der Waals surface area contributed by atoms with Crippen molar-refractivity contribution in [2.75, 3.05) is 13.1 Å². The van der Waals surface area contributed by atoms with Crippen LogP contribution in [0.3, 0.4) is 0 Å². The second-order valence-corrected chi connectivity index (χ2v) is 6.94. The van der Waals surface area contributed by atoms with Crippen LogP contribution >= 0.6 is 0 Å². The van der Waals surface area contributed by atoms with Crippen molar-refractivity contribution in [3.8, 4) is 0 Å². The highest BCUT2D eigenvalue weighted by atomic mass is 32.2. The highest BCUT2D eigenvalue weighted by molar-refractivity contribution is 7.89. The molecule has 1 fully saturated rings. The molecule has 2 rings (SSSR count). The van der Waals surface area contributed by atoms with Gasteiger partial charge in [-0.1, -0.05) is 6.07 Å². The van der Waals surface area contributed by atoms with E-state index in [0.29, 0.717) is 5.56 Å². The Morgan fingerprint density at radius 3 is 2.50 bits per heavy atom. The summed E-state index contributed by atoms with van der Waals surface area (Å²) in [4.78, 5) is -0.0544. The van der Waals surface area contributed by atoms with E-state index in [4.69, 9.17) is 10.5 Å². The van der Waals surface area contributed by atoms with E-state index in [0.717, 1.165) is 6.07 Å². The number of ether oxygens (including phenoxy) is 1. The number of halogens is 1. The molecule has 1 aromatic rings. The Hall–Kier alpha value is -1.02. The Morgan fingerprint density at radius 2 is 1.95 bits per heavy atom. The fraction of sp³-hybridized carbons (Fsp3) is 0.538. The number of morpholine rings is 1. The standard InChI is InChI=1S/C13H19FN2O3S/c1-9-7-16(8-10(2)19-9)20(17,18)13-5-12(14)4-3-11(13)6-15/h3-5,9-10H,6-8,15H2,1-2H3/t9-,10+. The molecule has 1 saturated heterocycles. The average Bonchev–Trinajstić information content (AvgIpc) is 2.37. The van der Waals surface area contributed by atoms with E-state index >= 15 is 0 Å². The molecule has 0 amide bonds. The van der Waals surface area contributed by atoms with Gasteiger partial charge in [-0.2, -0.15) is 4.31 Å². The lowest BCUT2D eigenvalue weighted by atomic mass is 10.2. The summed E-state index contributed by atoms with van der Waals surface area (Å²) in [6.45, 7) is 4.19. The van der Waals surface area contributed by atoms with Gasteiger partial charge in [0, 0.05) is 19.6 Å². The lowest BCUT2D eigenvalue weighted by molar-refractivity contribution is -0.0441. The summed E-state index contributed by atoms with van der Waals surface area (Å²) >= 11 is 0. The van der Waals surface area contributed by atoms with Crippen LogP contribution < -0.4 is 5.73 Å². The van der Waals surface area contributed by atoms with Crippen LogP contribution in [0, 0.1) is 5.82 Å². The molecule has 1 aliphatic heterocycles. The van der Waals surface area contributed by atoms with Crippen LogP contribution in [-0.4, -0.2) is 38.0 Å². The maximum absolute atomic E-state index is 13.4. The van der Waals surface area contributed by atoms with E-state index < -0.39 is 15.8 Å². The molecule has 7 heteroatoms. The number of sulfonamides is 1. The molecule has 1 heterocycles. The van der Waals surface area contributed by atoms with E-state index in [-0.39, 0.29) is 36.7 Å². The van der Waals surface area contributed by atoms with Crippen molar-refractivity contribution >= 4 is 10.0 Å². The Morgan fingerprint density at radius 1 is 1.35 bits per heavy atom. The number of benzene rings is 1. The van der Waals surface area contributed by atoms with Crippen molar-refractivity contribution in [1.82, 2.24) is 4.31 Å². The zero-order valence-corrected chi connectivity index (χ0v) is 12.4. The second-order valence-electron chi connectivity index (χ2n) is 5.04. The van der Waals surface area contributed by atoms with Gasteiger partial charge >= 0.3 is 0 Å². The third-order valence-electron chi connectivity index (χ3n) is 3.25. The van der Waals surface area contributed by atoms with Crippen molar-refractivity contribution in [3.05, 3.63) is 29.6 Å². The van der Waals surface area contributed by atoms with Crippen LogP contribution in [0.2, 0.25) is 0 Å². The molecule has 1 aromatic carbocycles. The fourth-order valence-corrected chi connectivity index (χ4v) is 4.24. The summed E-state index contributed by atoms with van der Waals surface area (Å²) < 4.78 is 45.6. The fourth-order valence-electron chi connectivity index (χ4n) is 2.40. The monoisotopic (exact) mass is 302 g/mol. The lowest BCUT2D eigenvalue weighted by Gasteiger charge is -2.34. The minimum atomic E-state index is -3.76. The first-order valence-corrected chi connectivity index (χ1v) is 7.92. The first-order chi connectivity index (χ1) is 9.34. The van der Waals surface area contributed by atoms with E-state index in [1.54, 1.807) is 0 Å². The first kappa shape index (κ1) is 15.4. The molecule has 2 N–H and O–H groups in total. The van der Waals surface area contributed by atoms with E-state index in [1.165, 1.54) is 16.4 Å². The maximum Gasteiger partial charge on any atom is 0.243 e. The van der Waals surface area contributed by atoms with E-state index in [9.17, 15) is 12.8 Å². The van der Waals surface area contributed by atoms with Crippen molar-refractivity contribution in [1.29, 1.82) is 0 Å². The van der Waals surface area contributed by atoms with Crippen LogP contribution in [0.5, 0.6) is 0 Å². The van der Waals surface area contributed by atoms with Crippen LogP contribution in [0.1, 0.15) is 19.4 Å². The molecule has 0 bridgehead atoms. The summed E-state index contributed by atoms with van der Waals surface area (Å²) in [5.74, 6) is -0.588. The SMILES string of the molecule is C[C@@H]1CN(S(=O)(=O)c2cc(F)ccc2CN)C[C@H](C)O1. The Balaban J connectivity index is 2.42. The molecule has 2 atom stereocenters. The highest BCUT2D eigenvalue weighted by Gasteiger charge is 2.33. The van der Waals surface area contributed by atoms with E-state index in [2.05, 4.69) is 0 Å². The van der Waals surface area contributed by atoms with Crippen LogP contribution in [0.25, 0.3) is 0 Å². The van der Waals surface area contributed by atoms with Gasteiger partial charge in [-0.25, -0.2) is 12.8 Å². The largest absolute Gasteiger partial charge is 0.373 e. The Bertz CT molecular complexity index is 581. The average molecular weight is 302 g/mol. The smallest absolute Gasteiger partial charge is 0.243 e. The maximum atomic E-state index is 13.4. The molecule has 0 radical (unpaired) electrons. The normalized spacial score (nSPS) is 24.8. The first-order valence-electron chi connectivity index (χ1n) is 6.48. The number of nitrogens with two attached hydrogens (primary N) is 1. The van der Waals surface area contributed by atoms with Gasteiger partial charge < -0.3 is 10.5 Å². The van der Waals surface area contributed by atoms with Gasteiger partial charge in [0.05, 0.1) is 17.1 Å². The molecular weight excluding hydrogens is 283 g/mol. The van der Waals surface area contributed by atoms with Gasteiger partial charge in [-0.3, -0.25) is 0 Å². The van der Waals surface area contributed by atoms with Gasteiger partial charge in [0.25, 0.3) is 0 Å². The summed E-state index contributed by atoms with van der Waals surface area (Å²) in [7, 11) is -3.76. The van der Waals surface area contributed by atoms with Crippen LogP contribution in [0.15, 0.2) is 23.1 Å². The van der Waals surface area contributed by atoms with Gasteiger partial charge in [0.2, 0.25) is 10.0 Å². The number of nitrogens with zero attached hydrogens (tertiary/aromatic N) is 1. The highest BCUT2D eigenvalue weighted by Crippen LogP contribution is 2.24. The molecule has 20 heavy (non-hydrogen) atoms. The quantitative estimate of drug-likeness (QED) is 0.907. The summed E-state index contributed by atoms with van der Waals surface area (Å²) in [6.07, 6.45) is -0.383. The number of rotatable bonds is 3. The number of hydrogen-bond donors (Lipinski definition) is 1. The molecule has 112 valence electrons. The molecule has 0 aliphatic carbocycles. The summed E-state index contributed by atoms with van der Waals surface area (Å²) in [5, 5.41) is 0. The molecule has 0 saturated carbocycles. The van der Waals surface area contributed by atoms with Crippen molar-refractivity contribution < 1.29 is 17.5 Å². The van der Waals surface area contributed by atoms with Gasteiger partial charge in [-0.15, -0.1) is 0 Å². The third-order valence-corrected chi connectivity index (χ3v) is 5.17. The van der Waals surface area contributed by atoms with Crippen molar-refractivity contribution in [3.63, 3.8) is 0 Å². The zero-order chi connectivity index (χ0) is 14.9. The summed E-state index contributed by atoms with van der Waals surface area (Å²) in [6, 6.07) is 3.66. The van der Waals surface area contributed by atoms with Gasteiger partial charge in [0.15, 0.2) is 0 Å². The molecular formula is C13H19FN2O3S. The van der Waals surface area contributed by atoms with Gasteiger partial charge in [0.1, 0.15) is 5.82 Å². The Labute approximate surface area is 118 Å². The minimum absolute atomic E-state index is 0.0459. The molecule has 5 nitrogen and oxygen atoms in total. The number of hydrogen-bond acceptors (Lipinski definition) is 4. The van der Waals surface area contributed by atoms with Crippen LogP contribution in [0.4, 0.5) is 4.39 Å². The molecule has 0 spiro atoms. The molecule has 0 aromatic heterocycles. The minimum Gasteiger partial charge on any atom is -0.373 e. The van der Waals surface area contributed by atoms with Gasteiger partial charge in [-0.05, 0) is 31.5 Å². The van der Waals surface area contributed by atoms with Crippen LogP contribution in [-0.2, 0) is 21.3 Å². The summed E-state index contributed by atoms with van der Waals surface area (Å²) in [5.41, 5.74) is 5.97. The molecule has 0 unspecified atom stereocenters. The Kier molecular flexibility index (Phi) is 4.43. The lowest BCUT2D eigenvalue weighted by Crippen LogP contribution is -2.48. The van der Waals surface area contributed by atoms with Crippen molar-refractivity contribution in [2.24, 2.45) is 5.73 Å². The van der Waals surface area contributed by atoms with Crippen molar-refractivity contribution in [2.45, 2.75) is 37.5 Å². The zero-order valence-electron chi connectivity index (χ0n) is 11.5. The van der Waals surface area contributed by atoms with E-state index in [1.807, 2.05) is 13.8 Å². The molecule has 1 aliphatic rings.